The van der Waals surface area contributed by atoms with Gasteiger partial charge in [0.05, 0.1) is 26.1 Å². The van der Waals surface area contributed by atoms with Crippen LogP contribution in [0.5, 0.6) is 11.5 Å². The lowest BCUT2D eigenvalue weighted by atomic mass is 10.2. The molecule has 6 nitrogen and oxygen atoms in total. The molecule has 140 valence electrons. The van der Waals surface area contributed by atoms with Crippen molar-refractivity contribution in [3.8, 4) is 22.8 Å². The summed E-state index contributed by atoms with van der Waals surface area (Å²) in [6.07, 6.45) is 3.23. The fourth-order valence-electron chi connectivity index (χ4n) is 2.35. The minimum Gasteiger partial charge on any atom is -0.493 e. The van der Waals surface area contributed by atoms with Gasteiger partial charge in [-0.25, -0.2) is 4.98 Å². The van der Waals surface area contributed by atoms with E-state index in [0.717, 1.165) is 11.1 Å². The Morgan fingerprint density at radius 3 is 2.70 bits per heavy atom. The minimum absolute atomic E-state index is 0.123. The standard InChI is InChI=1S/C20H19ClN2O4/c1-3-25-17-9-4-14(10-18(17)24-2)11-23-26-13-20-22-12-19(27-20)15-5-7-16(21)8-6-15/h4-12H,3,13H2,1-2H3/b23-11+. The molecule has 0 atom stereocenters. The second-order valence-electron chi connectivity index (χ2n) is 5.48. The van der Waals surface area contributed by atoms with Crippen molar-refractivity contribution in [2.24, 2.45) is 5.16 Å². The number of hydrogen-bond acceptors (Lipinski definition) is 6. The fourth-order valence-corrected chi connectivity index (χ4v) is 2.48. The van der Waals surface area contributed by atoms with E-state index in [0.29, 0.717) is 34.8 Å². The van der Waals surface area contributed by atoms with Gasteiger partial charge in [0.25, 0.3) is 0 Å². The van der Waals surface area contributed by atoms with Crippen LogP contribution in [0, 0.1) is 0 Å². The number of ether oxygens (including phenoxy) is 2. The van der Waals surface area contributed by atoms with Crippen LogP contribution in [0.4, 0.5) is 0 Å². The third kappa shape index (κ3) is 5.01. The van der Waals surface area contributed by atoms with Gasteiger partial charge in [-0.15, -0.1) is 0 Å². The van der Waals surface area contributed by atoms with Crippen LogP contribution in [0.3, 0.4) is 0 Å². The molecule has 0 fully saturated rings. The molecule has 0 aliphatic heterocycles. The summed E-state index contributed by atoms with van der Waals surface area (Å²) < 4.78 is 16.4. The van der Waals surface area contributed by atoms with Crippen LogP contribution in [0.15, 0.2) is 58.2 Å². The lowest BCUT2D eigenvalue weighted by molar-refractivity contribution is 0.113. The second kappa shape index (κ2) is 9.09. The molecule has 27 heavy (non-hydrogen) atoms. The summed E-state index contributed by atoms with van der Waals surface area (Å²) in [6, 6.07) is 12.8. The Labute approximate surface area is 162 Å². The van der Waals surface area contributed by atoms with Crippen LogP contribution in [0.1, 0.15) is 18.4 Å². The van der Waals surface area contributed by atoms with Gasteiger partial charge in [-0.05, 0) is 49.4 Å². The summed E-state index contributed by atoms with van der Waals surface area (Å²) in [5.74, 6) is 2.40. The maximum Gasteiger partial charge on any atom is 0.235 e. The number of methoxy groups -OCH3 is 1. The summed E-state index contributed by atoms with van der Waals surface area (Å²) in [6.45, 7) is 2.61. The molecule has 0 N–H and O–H groups in total. The summed E-state index contributed by atoms with van der Waals surface area (Å²) in [5.41, 5.74) is 1.72. The van der Waals surface area contributed by atoms with Gasteiger partial charge in [0.1, 0.15) is 0 Å². The number of oxime groups is 1. The number of aromatic nitrogens is 1. The van der Waals surface area contributed by atoms with Crippen LogP contribution in [0.2, 0.25) is 5.02 Å². The van der Waals surface area contributed by atoms with E-state index in [1.165, 1.54) is 0 Å². The van der Waals surface area contributed by atoms with E-state index in [1.807, 2.05) is 37.3 Å². The molecule has 0 aliphatic rings. The van der Waals surface area contributed by atoms with Gasteiger partial charge in [0.15, 0.2) is 23.9 Å². The van der Waals surface area contributed by atoms with Crippen molar-refractivity contribution in [1.82, 2.24) is 4.98 Å². The number of rotatable bonds is 8. The quantitative estimate of drug-likeness (QED) is 0.404. The third-order valence-electron chi connectivity index (χ3n) is 3.63. The van der Waals surface area contributed by atoms with Gasteiger partial charge in [-0.1, -0.05) is 16.8 Å². The molecular formula is C20H19ClN2O4. The third-order valence-corrected chi connectivity index (χ3v) is 3.89. The van der Waals surface area contributed by atoms with E-state index in [9.17, 15) is 0 Å². The molecule has 0 unspecified atom stereocenters. The van der Waals surface area contributed by atoms with Crippen LogP contribution >= 0.6 is 11.6 Å². The smallest absolute Gasteiger partial charge is 0.235 e. The zero-order valence-corrected chi connectivity index (χ0v) is 15.8. The molecule has 0 spiro atoms. The highest BCUT2D eigenvalue weighted by molar-refractivity contribution is 6.30. The summed E-state index contributed by atoms with van der Waals surface area (Å²) in [7, 11) is 1.59. The lowest BCUT2D eigenvalue weighted by Crippen LogP contribution is -1.96. The first-order chi connectivity index (χ1) is 13.2. The van der Waals surface area contributed by atoms with Gasteiger partial charge >= 0.3 is 0 Å². The molecule has 0 saturated heterocycles. The van der Waals surface area contributed by atoms with Gasteiger partial charge in [0.2, 0.25) is 5.89 Å². The Bertz CT molecular complexity index is 907. The van der Waals surface area contributed by atoms with E-state index < -0.39 is 0 Å². The topological polar surface area (TPSA) is 66.1 Å². The first-order valence-electron chi connectivity index (χ1n) is 8.36. The van der Waals surface area contributed by atoms with Gasteiger partial charge in [-0.3, -0.25) is 0 Å². The van der Waals surface area contributed by atoms with E-state index in [2.05, 4.69) is 10.1 Å². The average molecular weight is 387 g/mol. The highest BCUT2D eigenvalue weighted by Gasteiger charge is 2.07. The molecule has 3 aromatic rings. The van der Waals surface area contributed by atoms with Crippen LogP contribution in [-0.4, -0.2) is 24.9 Å². The Morgan fingerprint density at radius 1 is 1.15 bits per heavy atom. The number of halogens is 1. The zero-order chi connectivity index (χ0) is 19.1. The number of hydrogen-bond donors (Lipinski definition) is 0. The lowest BCUT2D eigenvalue weighted by Gasteiger charge is -2.09. The predicted molar refractivity (Wildman–Crippen MR) is 103 cm³/mol. The van der Waals surface area contributed by atoms with Gasteiger partial charge in [0, 0.05) is 16.1 Å². The molecule has 0 bridgehead atoms. The van der Waals surface area contributed by atoms with E-state index >= 15 is 0 Å². The number of benzene rings is 2. The molecule has 0 radical (unpaired) electrons. The van der Waals surface area contributed by atoms with Crippen LogP contribution in [0.25, 0.3) is 11.3 Å². The van der Waals surface area contributed by atoms with Gasteiger partial charge in [-0.2, -0.15) is 0 Å². The molecule has 2 aromatic carbocycles. The van der Waals surface area contributed by atoms with Crippen molar-refractivity contribution in [3.05, 3.63) is 65.1 Å². The largest absolute Gasteiger partial charge is 0.493 e. The molecule has 3 rings (SSSR count). The average Bonchev–Trinajstić information content (AvgIpc) is 3.16. The number of nitrogens with zero attached hydrogens (tertiary/aromatic N) is 2. The Morgan fingerprint density at radius 2 is 1.96 bits per heavy atom. The van der Waals surface area contributed by atoms with Crippen molar-refractivity contribution < 1.29 is 18.7 Å². The predicted octanol–water partition coefficient (Wildman–Crippen LogP) is 4.95. The van der Waals surface area contributed by atoms with E-state index in [4.69, 9.17) is 30.3 Å². The molecule has 1 aromatic heterocycles. The Hall–Kier alpha value is -2.99. The van der Waals surface area contributed by atoms with Crippen molar-refractivity contribution in [1.29, 1.82) is 0 Å². The molecule has 0 saturated carbocycles. The summed E-state index contributed by atoms with van der Waals surface area (Å²) in [4.78, 5) is 9.45. The molecule has 0 aliphatic carbocycles. The Kier molecular flexibility index (Phi) is 6.33. The second-order valence-corrected chi connectivity index (χ2v) is 5.91. The summed E-state index contributed by atoms with van der Waals surface area (Å²) >= 11 is 5.89. The van der Waals surface area contributed by atoms with Crippen LogP contribution < -0.4 is 9.47 Å². The maximum absolute atomic E-state index is 5.89. The normalized spacial score (nSPS) is 10.9. The fraction of sp³-hybridized carbons (Fsp3) is 0.200. The van der Waals surface area contributed by atoms with Gasteiger partial charge < -0.3 is 18.7 Å². The van der Waals surface area contributed by atoms with Crippen LogP contribution in [-0.2, 0) is 11.4 Å². The minimum atomic E-state index is 0.123. The first kappa shape index (κ1) is 18.8. The maximum atomic E-state index is 5.89. The molecular weight excluding hydrogens is 368 g/mol. The Balaban J connectivity index is 1.57. The van der Waals surface area contributed by atoms with E-state index in [-0.39, 0.29) is 6.61 Å². The van der Waals surface area contributed by atoms with Crippen molar-refractivity contribution in [3.63, 3.8) is 0 Å². The first-order valence-corrected chi connectivity index (χ1v) is 8.74. The SMILES string of the molecule is CCOc1ccc(/C=N/OCc2ncc(-c3ccc(Cl)cc3)o2)cc1OC. The van der Waals surface area contributed by atoms with Crippen molar-refractivity contribution in [2.45, 2.75) is 13.5 Å². The monoisotopic (exact) mass is 386 g/mol. The zero-order valence-electron chi connectivity index (χ0n) is 15.0. The summed E-state index contributed by atoms with van der Waals surface area (Å²) in [5, 5.41) is 4.61. The highest BCUT2D eigenvalue weighted by Crippen LogP contribution is 2.27. The molecule has 1 heterocycles. The number of oxazole rings is 1. The van der Waals surface area contributed by atoms with Crippen molar-refractivity contribution >= 4 is 17.8 Å². The van der Waals surface area contributed by atoms with Crippen molar-refractivity contribution in [2.75, 3.05) is 13.7 Å². The van der Waals surface area contributed by atoms with E-state index in [1.54, 1.807) is 31.7 Å². The molecule has 0 amide bonds. The molecule has 7 heteroatoms. The highest BCUT2D eigenvalue weighted by atomic mass is 35.5.